The molecule has 0 unspecified atom stereocenters. The highest BCUT2D eigenvalue weighted by atomic mass is 35.5. The van der Waals surface area contributed by atoms with Crippen molar-refractivity contribution in [3.05, 3.63) is 79.6 Å². The van der Waals surface area contributed by atoms with Crippen LogP contribution in [0.4, 0.5) is 0 Å². The number of halogens is 2. The first-order valence-electron chi connectivity index (χ1n) is 9.48. The van der Waals surface area contributed by atoms with Gasteiger partial charge in [-0.25, -0.2) is 0 Å². The molecule has 0 aliphatic carbocycles. The van der Waals surface area contributed by atoms with E-state index in [1.165, 1.54) is 4.90 Å². The van der Waals surface area contributed by atoms with Gasteiger partial charge in [0.1, 0.15) is 5.58 Å². The Kier molecular flexibility index (Phi) is 5.38. The van der Waals surface area contributed by atoms with Crippen LogP contribution >= 0.6 is 23.2 Å². The molecular formula is C22H21Cl2N2O3+. The van der Waals surface area contributed by atoms with Crippen LogP contribution in [-0.2, 0) is 0 Å². The molecule has 1 aliphatic heterocycles. The Morgan fingerprint density at radius 3 is 2.41 bits per heavy atom. The van der Waals surface area contributed by atoms with Gasteiger partial charge in [0.25, 0.3) is 5.91 Å². The predicted octanol–water partition coefficient (Wildman–Crippen LogP) is 3.18. The molecule has 0 bridgehead atoms. The normalized spacial score (nSPS) is 16.1. The second kappa shape index (κ2) is 7.82. The first-order chi connectivity index (χ1) is 13.9. The zero-order chi connectivity index (χ0) is 20.7. The minimum absolute atomic E-state index is 0.113. The van der Waals surface area contributed by atoms with Gasteiger partial charge in [0, 0.05) is 23.0 Å². The van der Waals surface area contributed by atoms with Gasteiger partial charge in [-0.2, -0.15) is 0 Å². The third kappa shape index (κ3) is 3.66. The van der Waals surface area contributed by atoms with E-state index in [1.54, 1.807) is 35.2 Å². The number of quaternary nitrogens is 1. The lowest BCUT2D eigenvalue weighted by Crippen LogP contribution is -3.05. The quantitative estimate of drug-likeness (QED) is 0.674. The molecule has 1 amide bonds. The summed E-state index contributed by atoms with van der Waals surface area (Å²) in [5.74, 6) is -0.148. The molecule has 1 atom stereocenters. The molecule has 150 valence electrons. The highest BCUT2D eigenvalue weighted by Crippen LogP contribution is 2.38. The molecule has 0 fully saturated rings. The minimum Gasteiger partial charge on any atom is -0.450 e. The van der Waals surface area contributed by atoms with Crippen LogP contribution in [-0.4, -0.2) is 38.0 Å². The second-order valence-electron chi connectivity index (χ2n) is 7.58. The molecule has 29 heavy (non-hydrogen) atoms. The van der Waals surface area contributed by atoms with E-state index in [0.29, 0.717) is 33.1 Å². The first-order valence-corrected chi connectivity index (χ1v) is 10.2. The number of nitrogens with zero attached hydrogens (tertiary/aromatic N) is 1. The van der Waals surface area contributed by atoms with Crippen molar-refractivity contribution in [2.45, 2.75) is 12.5 Å². The van der Waals surface area contributed by atoms with Gasteiger partial charge in [-0.15, -0.1) is 0 Å². The number of carbonyl (C=O) groups excluding carboxylic acids is 1. The zero-order valence-corrected chi connectivity index (χ0v) is 17.7. The second-order valence-corrected chi connectivity index (χ2v) is 8.45. The SMILES string of the molecule is C[NH+](C)CCCN1C(=O)c2oc3ccc(Cl)cc3c(=O)c2[C@@H]1c1ccc(Cl)cc1. The summed E-state index contributed by atoms with van der Waals surface area (Å²) >= 11 is 12.1. The molecule has 0 saturated carbocycles. The molecule has 1 N–H and O–H groups in total. The fraction of sp³-hybridized carbons (Fsp3) is 0.273. The summed E-state index contributed by atoms with van der Waals surface area (Å²) < 4.78 is 5.90. The predicted molar refractivity (Wildman–Crippen MR) is 114 cm³/mol. The van der Waals surface area contributed by atoms with Crippen LogP contribution in [0.25, 0.3) is 11.0 Å². The van der Waals surface area contributed by atoms with Gasteiger partial charge in [-0.05, 0) is 35.9 Å². The Morgan fingerprint density at radius 1 is 1.03 bits per heavy atom. The van der Waals surface area contributed by atoms with E-state index in [0.717, 1.165) is 18.5 Å². The van der Waals surface area contributed by atoms with Crippen LogP contribution in [0.2, 0.25) is 10.0 Å². The minimum atomic E-state index is -0.508. The van der Waals surface area contributed by atoms with E-state index in [-0.39, 0.29) is 17.1 Å². The Bertz CT molecular complexity index is 1140. The molecule has 7 heteroatoms. The summed E-state index contributed by atoms with van der Waals surface area (Å²) in [6.45, 7) is 1.43. The third-order valence-electron chi connectivity index (χ3n) is 5.19. The standard InChI is InChI=1S/C22H20Cl2N2O3/c1-25(2)10-3-11-26-19(13-4-6-14(23)7-5-13)18-20(27)16-12-15(24)8-9-17(16)29-21(18)22(26)28/h4-9,12,19H,3,10-11H2,1-2H3/p+1/t19-/m0/s1. The third-order valence-corrected chi connectivity index (χ3v) is 5.68. The summed E-state index contributed by atoms with van der Waals surface area (Å²) in [6.07, 6.45) is 0.811. The van der Waals surface area contributed by atoms with Crippen molar-refractivity contribution in [3.8, 4) is 0 Å². The van der Waals surface area contributed by atoms with Gasteiger partial charge >= 0.3 is 0 Å². The molecule has 2 heterocycles. The summed E-state index contributed by atoms with van der Waals surface area (Å²) in [6, 6.07) is 11.6. The molecule has 3 aromatic rings. The van der Waals surface area contributed by atoms with E-state index >= 15 is 0 Å². The maximum absolute atomic E-state index is 13.4. The van der Waals surface area contributed by atoms with Gasteiger partial charge in [0.05, 0.1) is 37.6 Å². The van der Waals surface area contributed by atoms with E-state index in [9.17, 15) is 9.59 Å². The monoisotopic (exact) mass is 431 g/mol. The van der Waals surface area contributed by atoms with Crippen LogP contribution in [0.15, 0.2) is 51.7 Å². The summed E-state index contributed by atoms with van der Waals surface area (Å²) in [4.78, 5) is 29.6. The topological polar surface area (TPSA) is 55.0 Å². The van der Waals surface area contributed by atoms with Gasteiger partial charge < -0.3 is 14.2 Å². The summed E-state index contributed by atoms with van der Waals surface area (Å²) in [5.41, 5.74) is 1.33. The Balaban J connectivity index is 1.88. The largest absolute Gasteiger partial charge is 0.450 e. The van der Waals surface area contributed by atoms with Crippen molar-refractivity contribution < 1.29 is 14.1 Å². The van der Waals surface area contributed by atoms with Gasteiger partial charge in [0.15, 0.2) is 5.43 Å². The van der Waals surface area contributed by atoms with Crippen molar-refractivity contribution in [3.63, 3.8) is 0 Å². The number of nitrogens with one attached hydrogen (secondary N) is 1. The van der Waals surface area contributed by atoms with E-state index in [4.69, 9.17) is 27.6 Å². The molecule has 1 aliphatic rings. The molecule has 1 aromatic heterocycles. The number of hydrogen-bond acceptors (Lipinski definition) is 3. The highest BCUT2D eigenvalue weighted by Gasteiger charge is 2.42. The van der Waals surface area contributed by atoms with Crippen molar-refractivity contribution >= 4 is 40.1 Å². The van der Waals surface area contributed by atoms with E-state index in [2.05, 4.69) is 14.1 Å². The number of benzene rings is 2. The fourth-order valence-electron chi connectivity index (χ4n) is 3.82. The molecule has 0 radical (unpaired) electrons. The summed E-state index contributed by atoms with van der Waals surface area (Å²) in [7, 11) is 4.14. The Hall–Kier alpha value is -2.34. The van der Waals surface area contributed by atoms with E-state index < -0.39 is 6.04 Å². The van der Waals surface area contributed by atoms with Crippen molar-refractivity contribution in [1.29, 1.82) is 0 Å². The molecule has 0 saturated heterocycles. The summed E-state index contributed by atoms with van der Waals surface area (Å²) in [5, 5.41) is 1.42. The molecule has 4 rings (SSSR count). The smallest absolute Gasteiger partial charge is 0.290 e. The average Bonchev–Trinajstić information content (AvgIpc) is 2.95. The van der Waals surface area contributed by atoms with Crippen LogP contribution in [0.3, 0.4) is 0 Å². The highest BCUT2D eigenvalue weighted by molar-refractivity contribution is 6.31. The first kappa shape index (κ1) is 20.0. The fourth-order valence-corrected chi connectivity index (χ4v) is 4.12. The van der Waals surface area contributed by atoms with Crippen LogP contribution in [0, 0.1) is 0 Å². The van der Waals surface area contributed by atoms with E-state index in [1.807, 2.05) is 12.1 Å². The number of rotatable bonds is 5. The Labute approximate surface area is 178 Å². The Morgan fingerprint density at radius 2 is 1.72 bits per heavy atom. The van der Waals surface area contributed by atoms with Crippen molar-refractivity contribution in [2.24, 2.45) is 0 Å². The van der Waals surface area contributed by atoms with Crippen molar-refractivity contribution in [1.82, 2.24) is 4.90 Å². The number of carbonyl (C=O) groups is 1. The maximum Gasteiger partial charge on any atom is 0.290 e. The lowest BCUT2D eigenvalue weighted by molar-refractivity contribution is -0.858. The number of amides is 1. The lowest BCUT2D eigenvalue weighted by atomic mass is 9.98. The number of hydrogen-bond donors (Lipinski definition) is 1. The van der Waals surface area contributed by atoms with Crippen LogP contribution in [0.1, 0.15) is 34.1 Å². The lowest BCUT2D eigenvalue weighted by Gasteiger charge is -2.25. The van der Waals surface area contributed by atoms with Gasteiger partial charge in [-0.3, -0.25) is 9.59 Å². The van der Waals surface area contributed by atoms with Gasteiger partial charge in [-0.1, -0.05) is 35.3 Å². The number of fused-ring (bicyclic) bond motifs is 2. The molecule has 5 nitrogen and oxygen atoms in total. The van der Waals surface area contributed by atoms with Crippen LogP contribution in [0.5, 0.6) is 0 Å². The molecule has 0 spiro atoms. The zero-order valence-electron chi connectivity index (χ0n) is 16.2. The molecule has 2 aromatic carbocycles. The molecular weight excluding hydrogens is 411 g/mol. The van der Waals surface area contributed by atoms with Crippen molar-refractivity contribution in [2.75, 3.05) is 27.2 Å². The van der Waals surface area contributed by atoms with Gasteiger partial charge in [0.2, 0.25) is 5.76 Å². The maximum atomic E-state index is 13.4. The van der Waals surface area contributed by atoms with Crippen LogP contribution < -0.4 is 10.3 Å². The average molecular weight is 432 g/mol.